The smallest absolute Gasteiger partial charge is 0.212 e. The number of hydrogen-bond acceptors (Lipinski definition) is 4. The SMILES string of the molecule is COc1ccc(C(Cl)C2CCS(=O)(=O)C2)cn1. The zero-order chi connectivity index (χ0) is 12.5. The van der Waals surface area contributed by atoms with Crippen molar-refractivity contribution in [1.29, 1.82) is 0 Å². The largest absolute Gasteiger partial charge is 0.481 e. The first-order valence-electron chi connectivity index (χ1n) is 5.36. The van der Waals surface area contributed by atoms with E-state index >= 15 is 0 Å². The Balaban J connectivity index is 2.11. The van der Waals surface area contributed by atoms with Crippen LogP contribution >= 0.6 is 11.6 Å². The Morgan fingerprint density at radius 2 is 2.29 bits per heavy atom. The van der Waals surface area contributed by atoms with Gasteiger partial charge >= 0.3 is 0 Å². The molecule has 0 amide bonds. The molecule has 1 aliphatic heterocycles. The second kappa shape index (κ2) is 4.82. The molecule has 0 saturated carbocycles. The van der Waals surface area contributed by atoms with Gasteiger partial charge in [-0.05, 0) is 17.9 Å². The Hall–Kier alpha value is -0.810. The maximum atomic E-state index is 11.4. The average molecular weight is 276 g/mol. The molecule has 1 aromatic rings. The zero-order valence-electron chi connectivity index (χ0n) is 9.47. The number of aromatic nitrogens is 1. The van der Waals surface area contributed by atoms with Crippen LogP contribution in [0.15, 0.2) is 18.3 Å². The number of halogens is 1. The number of methoxy groups -OCH3 is 1. The van der Waals surface area contributed by atoms with Crippen molar-refractivity contribution in [3.05, 3.63) is 23.9 Å². The van der Waals surface area contributed by atoms with Gasteiger partial charge in [-0.25, -0.2) is 13.4 Å². The van der Waals surface area contributed by atoms with E-state index < -0.39 is 9.84 Å². The second-order valence-electron chi connectivity index (χ2n) is 4.20. The van der Waals surface area contributed by atoms with Gasteiger partial charge in [-0.1, -0.05) is 6.07 Å². The Bertz CT molecular complexity index is 486. The van der Waals surface area contributed by atoms with Crippen LogP contribution in [0.3, 0.4) is 0 Å². The molecule has 0 radical (unpaired) electrons. The third kappa shape index (κ3) is 2.90. The van der Waals surface area contributed by atoms with E-state index in [1.54, 1.807) is 19.4 Å². The number of rotatable bonds is 3. The van der Waals surface area contributed by atoms with Crippen LogP contribution in [0.2, 0.25) is 0 Å². The van der Waals surface area contributed by atoms with Gasteiger partial charge in [0.05, 0.1) is 24.0 Å². The minimum atomic E-state index is -2.89. The van der Waals surface area contributed by atoms with Crippen LogP contribution in [0.25, 0.3) is 0 Å². The molecule has 94 valence electrons. The maximum Gasteiger partial charge on any atom is 0.212 e. The van der Waals surface area contributed by atoms with E-state index in [9.17, 15) is 8.42 Å². The van der Waals surface area contributed by atoms with Crippen LogP contribution in [-0.4, -0.2) is 32.0 Å². The molecule has 17 heavy (non-hydrogen) atoms. The van der Waals surface area contributed by atoms with Gasteiger partial charge in [0.2, 0.25) is 5.88 Å². The molecule has 2 atom stereocenters. The van der Waals surface area contributed by atoms with E-state index in [2.05, 4.69) is 4.98 Å². The first kappa shape index (κ1) is 12.6. The zero-order valence-corrected chi connectivity index (χ0v) is 11.0. The minimum Gasteiger partial charge on any atom is -0.481 e. The standard InChI is InChI=1S/C11H14ClNO3S/c1-16-10-3-2-8(6-13-10)11(12)9-4-5-17(14,15)7-9/h2-3,6,9,11H,4-5,7H2,1H3. The second-order valence-corrected chi connectivity index (χ2v) is 6.90. The molecule has 1 aromatic heterocycles. The topological polar surface area (TPSA) is 56.3 Å². The van der Waals surface area contributed by atoms with Crippen LogP contribution in [-0.2, 0) is 9.84 Å². The molecule has 4 nitrogen and oxygen atoms in total. The fourth-order valence-corrected chi connectivity index (χ4v) is 4.29. The Kier molecular flexibility index (Phi) is 3.58. The van der Waals surface area contributed by atoms with Gasteiger partial charge < -0.3 is 4.74 Å². The van der Waals surface area contributed by atoms with Crippen molar-refractivity contribution in [3.63, 3.8) is 0 Å². The lowest BCUT2D eigenvalue weighted by Crippen LogP contribution is -2.10. The number of pyridine rings is 1. The molecular formula is C11H14ClNO3S. The normalized spacial score (nSPS) is 24.5. The van der Waals surface area contributed by atoms with Crippen LogP contribution in [0, 0.1) is 5.92 Å². The molecule has 0 bridgehead atoms. The van der Waals surface area contributed by atoms with E-state index in [-0.39, 0.29) is 22.8 Å². The average Bonchev–Trinajstić information content (AvgIpc) is 2.69. The van der Waals surface area contributed by atoms with Gasteiger partial charge in [0.25, 0.3) is 0 Å². The monoisotopic (exact) mass is 275 g/mol. The Labute approximate surface area is 106 Å². The van der Waals surface area contributed by atoms with E-state index in [0.717, 1.165) is 5.56 Å². The molecule has 2 heterocycles. The van der Waals surface area contributed by atoms with E-state index in [0.29, 0.717) is 12.3 Å². The summed E-state index contributed by atoms with van der Waals surface area (Å²) in [5.74, 6) is 0.922. The highest BCUT2D eigenvalue weighted by molar-refractivity contribution is 7.91. The summed E-state index contributed by atoms with van der Waals surface area (Å²) < 4.78 is 27.7. The molecule has 1 aliphatic rings. The van der Waals surface area contributed by atoms with Crippen molar-refractivity contribution in [3.8, 4) is 5.88 Å². The van der Waals surface area contributed by atoms with Crippen molar-refractivity contribution in [2.45, 2.75) is 11.8 Å². The molecular weight excluding hydrogens is 262 g/mol. The van der Waals surface area contributed by atoms with Crippen LogP contribution in [0.1, 0.15) is 17.4 Å². The lowest BCUT2D eigenvalue weighted by Gasteiger charge is -2.15. The van der Waals surface area contributed by atoms with Gasteiger partial charge in [0.1, 0.15) is 0 Å². The van der Waals surface area contributed by atoms with Crippen LogP contribution < -0.4 is 4.74 Å². The minimum absolute atomic E-state index is 0.0168. The fraction of sp³-hybridized carbons (Fsp3) is 0.545. The van der Waals surface area contributed by atoms with Gasteiger partial charge in [-0.15, -0.1) is 11.6 Å². The summed E-state index contributed by atoms with van der Waals surface area (Å²) in [7, 11) is -1.35. The molecule has 0 spiro atoms. The maximum absolute atomic E-state index is 11.4. The summed E-state index contributed by atoms with van der Waals surface area (Å²) in [6, 6.07) is 3.56. The summed E-state index contributed by atoms with van der Waals surface area (Å²) >= 11 is 6.29. The molecule has 0 aromatic carbocycles. The summed E-state index contributed by atoms with van der Waals surface area (Å²) in [4.78, 5) is 4.07. The van der Waals surface area contributed by atoms with Gasteiger partial charge in [-0.3, -0.25) is 0 Å². The lowest BCUT2D eigenvalue weighted by molar-refractivity contribution is 0.397. The number of alkyl halides is 1. The molecule has 2 unspecified atom stereocenters. The molecule has 1 saturated heterocycles. The van der Waals surface area contributed by atoms with Crippen molar-refractivity contribution in [2.75, 3.05) is 18.6 Å². The third-order valence-corrected chi connectivity index (χ3v) is 5.37. The first-order chi connectivity index (χ1) is 8.02. The molecule has 1 fully saturated rings. The van der Waals surface area contributed by atoms with Crippen molar-refractivity contribution >= 4 is 21.4 Å². The Morgan fingerprint density at radius 1 is 1.53 bits per heavy atom. The molecule has 0 N–H and O–H groups in total. The molecule has 2 rings (SSSR count). The number of ether oxygens (including phenoxy) is 1. The van der Waals surface area contributed by atoms with Crippen molar-refractivity contribution < 1.29 is 13.2 Å². The van der Waals surface area contributed by atoms with Gasteiger partial charge in [0.15, 0.2) is 9.84 Å². The van der Waals surface area contributed by atoms with E-state index in [1.807, 2.05) is 6.07 Å². The van der Waals surface area contributed by atoms with Crippen molar-refractivity contribution in [1.82, 2.24) is 4.98 Å². The summed E-state index contributed by atoms with van der Waals surface area (Å²) in [6.45, 7) is 0. The number of hydrogen-bond donors (Lipinski definition) is 0. The van der Waals surface area contributed by atoms with Gasteiger partial charge in [0, 0.05) is 12.3 Å². The fourth-order valence-electron chi connectivity index (χ4n) is 2.00. The molecule has 6 heteroatoms. The number of nitrogens with zero attached hydrogens (tertiary/aromatic N) is 1. The Morgan fingerprint density at radius 3 is 2.76 bits per heavy atom. The van der Waals surface area contributed by atoms with E-state index in [4.69, 9.17) is 16.3 Å². The quantitative estimate of drug-likeness (QED) is 0.790. The highest BCUT2D eigenvalue weighted by Crippen LogP contribution is 2.36. The predicted octanol–water partition coefficient (Wildman–Crippen LogP) is 1.80. The van der Waals surface area contributed by atoms with Gasteiger partial charge in [-0.2, -0.15) is 0 Å². The highest BCUT2D eigenvalue weighted by Gasteiger charge is 2.33. The van der Waals surface area contributed by atoms with E-state index in [1.165, 1.54) is 0 Å². The van der Waals surface area contributed by atoms with Crippen LogP contribution in [0.4, 0.5) is 0 Å². The number of sulfone groups is 1. The predicted molar refractivity (Wildman–Crippen MR) is 66.1 cm³/mol. The van der Waals surface area contributed by atoms with Crippen molar-refractivity contribution in [2.24, 2.45) is 5.92 Å². The summed E-state index contributed by atoms with van der Waals surface area (Å²) in [6.07, 6.45) is 2.27. The summed E-state index contributed by atoms with van der Waals surface area (Å²) in [5, 5.41) is -0.300. The first-order valence-corrected chi connectivity index (χ1v) is 7.62. The third-order valence-electron chi connectivity index (χ3n) is 2.97. The highest BCUT2D eigenvalue weighted by atomic mass is 35.5. The lowest BCUT2D eigenvalue weighted by atomic mass is 9.99. The van der Waals surface area contributed by atoms with Crippen LogP contribution in [0.5, 0.6) is 5.88 Å². The summed E-state index contributed by atoms with van der Waals surface area (Å²) in [5.41, 5.74) is 0.842. The molecule has 0 aliphatic carbocycles.